The first-order valence-corrected chi connectivity index (χ1v) is 3.58. The summed E-state index contributed by atoms with van der Waals surface area (Å²) in [6.07, 6.45) is 1.49. The highest BCUT2D eigenvalue weighted by Crippen LogP contribution is 2.25. The molecule has 0 aliphatic rings. The van der Waals surface area contributed by atoms with Gasteiger partial charge in [-0.3, -0.25) is 4.79 Å². The van der Waals surface area contributed by atoms with Crippen LogP contribution in [0.25, 0.3) is 0 Å². The van der Waals surface area contributed by atoms with Crippen LogP contribution in [0.2, 0.25) is 0 Å². The Morgan fingerprint density at radius 1 is 1.60 bits per heavy atom. The van der Waals surface area contributed by atoms with E-state index in [0.717, 1.165) is 0 Å². The molecule has 0 aromatic rings. The molecule has 0 aliphatic heterocycles. The molecular weight excluding hydrogens is 196 g/mol. The van der Waals surface area contributed by atoms with Crippen LogP contribution in [-0.2, 0) is 4.79 Å². The van der Waals surface area contributed by atoms with Crippen molar-refractivity contribution in [3.63, 3.8) is 0 Å². The lowest BCUT2D eigenvalue weighted by atomic mass is 10.6. The van der Waals surface area contributed by atoms with Gasteiger partial charge < -0.3 is 5.32 Å². The monoisotopic (exact) mass is 201 g/mol. The van der Waals surface area contributed by atoms with Crippen molar-refractivity contribution in [2.75, 3.05) is 6.54 Å². The molecule has 0 aliphatic carbocycles. The van der Waals surface area contributed by atoms with Gasteiger partial charge in [-0.05, 0) is 0 Å². The molecule has 0 aromatic heterocycles. The Bertz CT molecular complexity index is 140. The van der Waals surface area contributed by atoms with Crippen LogP contribution in [0.4, 0.5) is 0 Å². The Morgan fingerprint density at radius 3 is 2.40 bits per heavy atom. The Morgan fingerprint density at radius 2 is 2.10 bits per heavy atom. The summed E-state index contributed by atoms with van der Waals surface area (Å²) in [7, 11) is 0. The summed E-state index contributed by atoms with van der Waals surface area (Å²) < 4.78 is -1.87. The summed E-state index contributed by atoms with van der Waals surface area (Å²) >= 11 is 15.6. The fraction of sp³-hybridized carbons (Fsp3) is 0.400. The Labute approximate surface area is 74.1 Å². The summed E-state index contributed by atoms with van der Waals surface area (Å²) in [4.78, 5) is 10.7. The fourth-order valence-corrected chi connectivity index (χ4v) is 0.466. The van der Waals surface area contributed by atoms with E-state index in [1.165, 1.54) is 6.08 Å². The van der Waals surface area contributed by atoms with E-state index >= 15 is 0 Å². The van der Waals surface area contributed by atoms with Gasteiger partial charge in [0.2, 0.25) is 0 Å². The minimum absolute atomic E-state index is 0.298. The van der Waals surface area contributed by atoms with Crippen LogP contribution >= 0.6 is 34.8 Å². The normalized spacial score (nSPS) is 10.7. The van der Waals surface area contributed by atoms with Crippen molar-refractivity contribution >= 4 is 40.7 Å². The summed E-state index contributed by atoms with van der Waals surface area (Å²) in [5.41, 5.74) is 0. The molecule has 0 heterocycles. The minimum Gasteiger partial charge on any atom is -0.349 e. The predicted octanol–water partition coefficient (Wildman–Crippen LogP) is 1.66. The molecule has 2 nitrogen and oxygen atoms in total. The van der Waals surface area contributed by atoms with Crippen LogP contribution in [0.15, 0.2) is 12.7 Å². The number of hydrogen-bond donors (Lipinski definition) is 1. The van der Waals surface area contributed by atoms with Crippen LogP contribution in [-0.4, -0.2) is 16.2 Å². The van der Waals surface area contributed by atoms with Crippen molar-refractivity contribution in [2.24, 2.45) is 0 Å². The smallest absolute Gasteiger partial charge is 0.272 e. The molecule has 0 bridgehead atoms. The number of alkyl halides is 3. The van der Waals surface area contributed by atoms with E-state index < -0.39 is 9.70 Å². The van der Waals surface area contributed by atoms with Crippen molar-refractivity contribution < 1.29 is 4.79 Å². The lowest BCUT2D eigenvalue weighted by molar-refractivity contribution is -0.120. The Balaban J connectivity index is 3.74. The van der Waals surface area contributed by atoms with E-state index in [4.69, 9.17) is 34.8 Å². The van der Waals surface area contributed by atoms with Crippen molar-refractivity contribution in [3.05, 3.63) is 12.7 Å². The van der Waals surface area contributed by atoms with E-state index in [1.807, 2.05) is 0 Å². The van der Waals surface area contributed by atoms with E-state index in [0.29, 0.717) is 6.54 Å². The van der Waals surface area contributed by atoms with Gasteiger partial charge in [-0.2, -0.15) is 0 Å². The molecule has 0 spiro atoms. The van der Waals surface area contributed by atoms with Crippen molar-refractivity contribution in [1.29, 1.82) is 0 Å². The van der Waals surface area contributed by atoms with Crippen LogP contribution in [0, 0.1) is 0 Å². The Kier molecular flexibility index (Phi) is 4.09. The molecule has 10 heavy (non-hydrogen) atoms. The van der Waals surface area contributed by atoms with Gasteiger partial charge >= 0.3 is 0 Å². The zero-order valence-electron chi connectivity index (χ0n) is 5.03. The maximum atomic E-state index is 10.7. The van der Waals surface area contributed by atoms with Gasteiger partial charge in [-0.25, -0.2) is 0 Å². The number of rotatable bonds is 2. The number of carbonyl (C=O) groups is 1. The average molecular weight is 202 g/mol. The fourth-order valence-electron chi connectivity index (χ4n) is 0.265. The molecule has 0 aromatic carbocycles. The number of nitrogens with one attached hydrogen (secondary N) is 1. The molecule has 0 saturated heterocycles. The lowest BCUT2D eigenvalue weighted by Gasteiger charge is -2.08. The maximum absolute atomic E-state index is 10.7. The molecule has 5 heteroatoms. The highest BCUT2D eigenvalue weighted by molar-refractivity contribution is 6.76. The molecule has 0 atom stereocenters. The second kappa shape index (κ2) is 4.06. The minimum atomic E-state index is -1.87. The third kappa shape index (κ3) is 3.99. The molecule has 0 saturated carbocycles. The highest BCUT2D eigenvalue weighted by Gasteiger charge is 2.29. The molecular formula is C5H6Cl3NO. The Hall–Kier alpha value is 0.0800. The second-order valence-electron chi connectivity index (χ2n) is 1.50. The topological polar surface area (TPSA) is 29.1 Å². The van der Waals surface area contributed by atoms with Gasteiger partial charge in [0.1, 0.15) is 0 Å². The lowest BCUT2D eigenvalue weighted by Crippen LogP contribution is -2.34. The quantitative estimate of drug-likeness (QED) is 0.535. The highest BCUT2D eigenvalue weighted by atomic mass is 35.6. The van der Waals surface area contributed by atoms with E-state index in [9.17, 15) is 4.79 Å². The zero-order chi connectivity index (χ0) is 8.20. The van der Waals surface area contributed by atoms with Crippen LogP contribution < -0.4 is 5.32 Å². The third-order valence-corrected chi connectivity index (χ3v) is 1.18. The average Bonchev–Trinajstić information content (AvgIpc) is 1.80. The summed E-state index contributed by atoms with van der Waals surface area (Å²) in [5.74, 6) is -0.641. The molecule has 0 fully saturated rings. The molecule has 0 rings (SSSR count). The van der Waals surface area contributed by atoms with E-state index in [-0.39, 0.29) is 0 Å². The van der Waals surface area contributed by atoms with E-state index in [2.05, 4.69) is 11.9 Å². The van der Waals surface area contributed by atoms with Gasteiger partial charge in [-0.15, -0.1) is 6.58 Å². The van der Waals surface area contributed by atoms with Gasteiger partial charge in [0.15, 0.2) is 0 Å². The first-order valence-electron chi connectivity index (χ1n) is 2.44. The molecule has 58 valence electrons. The number of amides is 1. The van der Waals surface area contributed by atoms with Crippen molar-refractivity contribution in [3.8, 4) is 0 Å². The summed E-state index contributed by atoms with van der Waals surface area (Å²) in [6, 6.07) is 0. The first kappa shape index (κ1) is 10.1. The van der Waals surface area contributed by atoms with Gasteiger partial charge in [0.25, 0.3) is 9.70 Å². The molecule has 0 radical (unpaired) electrons. The summed E-state index contributed by atoms with van der Waals surface area (Å²) in [6.45, 7) is 3.67. The molecule has 0 unspecified atom stereocenters. The van der Waals surface area contributed by atoms with Crippen LogP contribution in [0.5, 0.6) is 0 Å². The SMILES string of the molecule is C=CCNC(=O)C(Cl)(Cl)Cl. The van der Waals surface area contributed by atoms with Crippen molar-refractivity contribution in [2.45, 2.75) is 3.79 Å². The molecule has 1 N–H and O–H groups in total. The molecule has 1 amide bonds. The van der Waals surface area contributed by atoms with Crippen molar-refractivity contribution in [1.82, 2.24) is 5.32 Å². The van der Waals surface area contributed by atoms with Crippen LogP contribution in [0.1, 0.15) is 0 Å². The van der Waals surface area contributed by atoms with Gasteiger partial charge in [0, 0.05) is 6.54 Å². The number of halogens is 3. The number of carbonyl (C=O) groups excluding carboxylic acids is 1. The van der Waals surface area contributed by atoms with Gasteiger partial charge in [-0.1, -0.05) is 40.9 Å². The van der Waals surface area contributed by atoms with Gasteiger partial charge in [0.05, 0.1) is 0 Å². The third-order valence-electron chi connectivity index (χ3n) is 0.664. The summed E-state index contributed by atoms with van der Waals surface area (Å²) in [5, 5.41) is 2.32. The standard InChI is InChI=1S/C5H6Cl3NO/c1-2-3-9-4(10)5(6,7)8/h2H,1,3H2,(H,9,10). The van der Waals surface area contributed by atoms with Crippen LogP contribution in [0.3, 0.4) is 0 Å². The maximum Gasteiger partial charge on any atom is 0.272 e. The second-order valence-corrected chi connectivity index (χ2v) is 3.78. The first-order chi connectivity index (χ1) is 4.48. The number of hydrogen-bond acceptors (Lipinski definition) is 1. The zero-order valence-corrected chi connectivity index (χ0v) is 7.30. The largest absolute Gasteiger partial charge is 0.349 e. The van der Waals surface area contributed by atoms with E-state index in [1.54, 1.807) is 0 Å². The predicted molar refractivity (Wildman–Crippen MR) is 43.5 cm³/mol.